The molecule has 5 rings (SSSR count). The lowest BCUT2D eigenvalue weighted by atomic mass is 9.86. The van der Waals surface area contributed by atoms with Crippen molar-refractivity contribution in [2.24, 2.45) is 11.8 Å². The second-order valence-corrected chi connectivity index (χ2v) is 11.2. The van der Waals surface area contributed by atoms with E-state index < -0.39 is 17.0 Å². The quantitative estimate of drug-likeness (QED) is 0.417. The molecule has 9 nitrogen and oxygen atoms in total. The molecular formula is C29H31FN4O5S. The average molecular weight is 567 g/mol. The first-order valence-electron chi connectivity index (χ1n) is 13.3. The fraction of sp³-hybridized carbons (Fsp3) is 0.414. The predicted molar refractivity (Wildman–Crippen MR) is 150 cm³/mol. The molecule has 210 valence electrons. The topological polar surface area (TPSA) is 113 Å². The van der Waals surface area contributed by atoms with Crippen molar-refractivity contribution in [1.29, 1.82) is 0 Å². The van der Waals surface area contributed by atoms with Crippen LogP contribution in [-0.4, -0.2) is 60.2 Å². The summed E-state index contributed by atoms with van der Waals surface area (Å²) in [4.78, 5) is 48.9. The average Bonchev–Trinajstić information content (AvgIpc) is 3.35. The van der Waals surface area contributed by atoms with Crippen molar-refractivity contribution in [3.8, 4) is 22.4 Å². The molecule has 0 spiro atoms. The van der Waals surface area contributed by atoms with Gasteiger partial charge in [-0.25, -0.2) is 9.97 Å². The number of halogens is 1. The van der Waals surface area contributed by atoms with Crippen molar-refractivity contribution >= 4 is 40.1 Å². The first-order valence-corrected chi connectivity index (χ1v) is 14.1. The van der Waals surface area contributed by atoms with E-state index in [1.54, 1.807) is 30.3 Å². The molecule has 2 aromatic heterocycles. The van der Waals surface area contributed by atoms with Gasteiger partial charge in [-0.05, 0) is 48.8 Å². The van der Waals surface area contributed by atoms with E-state index in [2.05, 4.69) is 9.97 Å². The van der Waals surface area contributed by atoms with E-state index in [-0.39, 0.29) is 35.0 Å². The number of carboxylic acid groups (broad SMARTS) is 1. The number of nitrogens with zero attached hydrogens (tertiary/aromatic N) is 4. The van der Waals surface area contributed by atoms with Crippen molar-refractivity contribution in [3.63, 3.8) is 0 Å². The molecule has 1 atom stereocenters. The van der Waals surface area contributed by atoms with Crippen molar-refractivity contribution in [2.75, 3.05) is 37.1 Å². The van der Waals surface area contributed by atoms with Gasteiger partial charge in [0.1, 0.15) is 11.5 Å². The van der Waals surface area contributed by atoms with Crippen LogP contribution in [0.15, 0.2) is 36.5 Å². The normalized spacial score (nSPS) is 16.5. The number of carbonyl (C=O) groups is 3. The van der Waals surface area contributed by atoms with E-state index >= 15 is 4.39 Å². The third-order valence-corrected chi connectivity index (χ3v) is 8.58. The molecule has 2 aliphatic rings. The summed E-state index contributed by atoms with van der Waals surface area (Å²) in [7, 11) is 3.22. The van der Waals surface area contributed by atoms with E-state index in [0.717, 1.165) is 40.9 Å². The number of hydrogen-bond acceptors (Lipinski definition) is 7. The maximum absolute atomic E-state index is 15.4. The second-order valence-electron chi connectivity index (χ2n) is 10.3. The Morgan fingerprint density at radius 1 is 1.23 bits per heavy atom. The molecule has 4 heterocycles. The Morgan fingerprint density at radius 2 is 1.95 bits per heavy atom. The number of aliphatic carboxylic acids is 1. The summed E-state index contributed by atoms with van der Waals surface area (Å²) in [5.41, 5.74) is 3.10. The maximum Gasteiger partial charge on any atom is 0.304 e. The lowest BCUT2D eigenvalue weighted by Crippen LogP contribution is -2.35. The smallest absolute Gasteiger partial charge is 0.304 e. The summed E-state index contributed by atoms with van der Waals surface area (Å²) in [5, 5.41) is 9.08. The van der Waals surface area contributed by atoms with Crippen LogP contribution in [0, 0.1) is 17.0 Å². The number of amides is 2. The SMILES string of the molecule is CN(C(=O)[C@@H](CC(=O)O)CC1CCOCC1)c1nc(-c2ccccc2-c2cnc3c(c2)CCC(=O)N3C)c(F)s1. The summed E-state index contributed by atoms with van der Waals surface area (Å²) in [6.45, 7) is 1.20. The fourth-order valence-electron chi connectivity index (χ4n) is 5.44. The summed E-state index contributed by atoms with van der Waals surface area (Å²) >= 11 is 0.755. The predicted octanol–water partition coefficient (Wildman–Crippen LogP) is 4.79. The van der Waals surface area contributed by atoms with Crippen LogP contribution < -0.4 is 9.80 Å². The van der Waals surface area contributed by atoms with Gasteiger partial charge in [-0.2, -0.15) is 4.39 Å². The van der Waals surface area contributed by atoms with E-state index in [4.69, 9.17) is 4.74 Å². The minimum atomic E-state index is -1.05. The maximum atomic E-state index is 15.4. The van der Waals surface area contributed by atoms with Crippen LogP contribution in [0.2, 0.25) is 0 Å². The van der Waals surface area contributed by atoms with Gasteiger partial charge < -0.3 is 9.84 Å². The Hall–Kier alpha value is -3.70. The number of ether oxygens (including phenoxy) is 1. The van der Waals surface area contributed by atoms with Gasteiger partial charge in [0.2, 0.25) is 16.9 Å². The highest BCUT2D eigenvalue weighted by Crippen LogP contribution is 2.39. The van der Waals surface area contributed by atoms with E-state index in [1.165, 1.54) is 11.9 Å². The molecule has 2 aliphatic heterocycles. The Kier molecular flexibility index (Phi) is 8.22. The van der Waals surface area contributed by atoms with Crippen LogP contribution in [0.4, 0.5) is 15.3 Å². The van der Waals surface area contributed by atoms with Crippen molar-refractivity contribution < 1.29 is 28.6 Å². The number of thiazole rings is 1. The molecular weight excluding hydrogens is 535 g/mol. The molecule has 1 saturated heterocycles. The number of rotatable bonds is 8. The standard InChI is InChI=1S/C29H31FN4O5S/c1-33-23(35)8-7-18-14-20(16-31-27(18)33)21-5-3-4-6-22(21)25-26(30)40-29(32-25)34(2)28(38)19(15-24(36)37)13-17-9-11-39-12-10-17/h3-6,14,16-17,19H,7-13,15H2,1-2H3,(H,36,37)/t19-/m1/s1. The number of fused-ring (bicyclic) bond motifs is 1. The van der Waals surface area contributed by atoms with Crippen LogP contribution in [0.5, 0.6) is 0 Å². The first-order chi connectivity index (χ1) is 19.2. The zero-order valence-electron chi connectivity index (χ0n) is 22.4. The van der Waals surface area contributed by atoms with Gasteiger partial charge in [0.25, 0.3) is 0 Å². The molecule has 0 unspecified atom stereocenters. The van der Waals surface area contributed by atoms with E-state index in [9.17, 15) is 19.5 Å². The molecule has 11 heteroatoms. The summed E-state index contributed by atoms with van der Waals surface area (Å²) in [6, 6.07) is 9.24. The molecule has 0 bridgehead atoms. The fourth-order valence-corrected chi connectivity index (χ4v) is 6.22. The monoisotopic (exact) mass is 566 g/mol. The van der Waals surface area contributed by atoms with Gasteiger partial charge in [0, 0.05) is 57.0 Å². The first kappa shape index (κ1) is 27.9. The Morgan fingerprint density at radius 3 is 2.67 bits per heavy atom. The van der Waals surface area contributed by atoms with Crippen molar-refractivity contribution in [2.45, 2.75) is 38.5 Å². The van der Waals surface area contributed by atoms with Gasteiger partial charge in [0.15, 0.2) is 5.13 Å². The molecule has 40 heavy (non-hydrogen) atoms. The lowest BCUT2D eigenvalue weighted by molar-refractivity contribution is -0.141. The number of aryl methyl sites for hydroxylation is 1. The number of benzene rings is 1. The largest absolute Gasteiger partial charge is 0.481 e. The summed E-state index contributed by atoms with van der Waals surface area (Å²) in [5.74, 6) is -1.33. The number of carboxylic acids is 1. The zero-order valence-corrected chi connectivity index (χ0v) is 23.2. The van der Waals surface area contributed by atoms with Crippen molar-refractivity contribution in [1.82, 2.24) is 9.97 Å². The molecule has 1 N–H and O–H groups in total. The number of carbonyl (C=O) groups excluding carboxylic acids is 2. The van der Waals surface area contributed by atoms with Gasteiger partial charge in [-0.3, -0.25) is 24.2 Å². The Balaban J connectivity index is 1.42. The minimum absolute atomic E-state index is 0.0160. The highest BCUT2D eigenvalue weighted by molar-refractivity contribution is 7.14. The van der Waals surface area contributed by atoms with Crippen LogP contribution >= 0.6 is 11.3 Å². The highest BCUT2D eigenvalue weighted by atomic mass is 32.1. The molecule has 2 amide bonds. The molecule has 1 fully saturated rings. The molecule has 0 aliphatic carbocycles. The number of pyridine rings is 1. The van der Waals surface area contributed by atoms with E-state index in [0.29, 0.717) is 43.9 Å². The van der Waals surface area contributed by atoms with E-state index in [1.807, 2.05) is 18.2 Å². The number of anilines is 2. The van der Waals surface area contributed by atoms with Crippen molar-refractivity contribution in [3.05, 3.63) is 47.2 Å². The van der Waals surface area contributed by atoms with Crippen LogP contribution in [0.1, 0.15) is 37.7 Å². The highest BCUT2D eigenvalue weighted by Gasteiger charge is 2.31. The Labute approximate surface area is 235 Å². The summed E-state index contributed by atoms with van der Waals surface area (Å²) < 4.78 is 20.8. The third-order valence-electron chi connectivity index (χ3n) is 7.66. The van der Waals surface area contributed by atoms with Gasteiger partial charge in [-0.15, -0.1) is 0 Å². The lowest BCUT2D eigenvalue weighted by Gasteiger charge is -2.27. The Bertz CT molecular complexity index is 1440. The van der Waals surface area contributed by atoms with Crippen LogP contribution in [0.25, 0.3) is 22.4 Å². The number of hydrogen-bond donors (Lipinski definition) is 1. The second kappa shape index (κ2) is 11.8. The summed E-state index contributed by atoms with van der Waals surface area (Å²) in [6.07, 6.45) is 4.35. The molecule has 3 aromatic rings. The molecule has 0 saturated carbocycles. The zero-order chi connectivity index (χ0) is 28.4. The van der Waals surface area contributed by atoms with Gasteiger partial charge >= 0.3 is 5.97 Å². The minimum Gasteiger partial charge on any atom is -0.481 e. The molecule has 1 aromatic carbocycles. The molecule has 0 radical (unpaired) electrons. The third kappa shape index (κ3) is 5.75. The van der Waals surface area contributed by atoms with Gasteiger partial charge in [-0.1, -0.05) is 35.6 Å². The van der Waals surface area contributed by atoms with Crippen LogP contribution in [0.3, 0.4) is 0 Å². The van der Waals surface area contributed by atoms with Gasteiger partial charge in [0.05, 0.1) is 6.42 Å². The van der Waals surface area contributed by atoms with Crippen LogP contribution in [-0.2, 0) is 25.5 Å². The number of aromatic nitrogens is 2.